The lowest BCUT2D eigenvalue weighted by Crippen LogP contribution is -1.89. The lowest BCUT2D eigenvalue weighted by Gasteiger charge is -2.03. The molecule has 0 unspecified atom stereocenters. The zero-order chi connectivity index (χ0) is 9.10. The van der Waals surface area contributed by atoms with Crippen LogP contribution in [0.15, 0.2) is 6.07 Å². The summed E-state index contributed by atoms with van der Waals surface area (Å²) in [7, 11) is 0. The van der Waals surface area contributed by atoms with Gasteiger partial charge in [-0.05, 0) is 44.2 Å². The van der Waals surface area contributed by atoms with Crippen LogP contribution in [0.2, 0.25) is 0 Å². The Bertz CT molecular complexity index is 273. The first-order valence-corrected chi connectivity index (χ1v) is 6.26. The van der Waals surface area contributed by atoms with Crippen molar-refractivity contribution in [3.8, 4) is 0 Å². The van der Waals surface area contributed by atoms with Crippen molar-refractivity contribution in [1.82, 2.24) is 0 Å². The molecule has 0 amide bonds. The molecule has 0 saturated heterocycles. The predicted octanol–water partition coefficient (Wildman–Crippen LogP) is 4.11. The molecule has 1 aromatic rings. The Morgan fingerprint density at radius 3 is 2.54 bits per heavy atom. The summed E-state index contributed by atoms with van der Waals surface area (Å²) in [6.07, 6.45) is 9.77. The molecule has 0 saturated carbocycles. The highest BCUT2D eigenvalue weighted by atomic mass is 32.1. The summed E-state index contributed by atoms with van der Waals surface area (Å²) >= 11 is 2.02. The largest absolute Gasteiger partial charge is 0.145 e. The molecule has 13 heavy (non-hydrogen) atoms. The van der Waals surface area contributed by atoms with E-state index in [1.54, 1.807) is 15.3 Å². The molecule has 0 radical (unpaired) electrons. The van der Waals surface area contributed by atoms with Crippen LogP contribution < -0.4 is 0 Å². The third kappa shape index (κ3) is 2.34. The molecule has 0 atom stereocenters. The van der Waals surface area contributed by atoms with Crippen LogP contribution in [0.3, 0.4) is 0 Å². The maximum atomic E-state index is 2.45. The van der Waals surface area contributed by atoms with E-state index in [0.29, 0.717) is 0 Å². The van der Waals surface area contributed by atoms with E-state index in [2.05, 4.69) is 13.0 Å². The number of rotatable bonds is 0. The van der Waals surface area contributed by atoms with E-state index >= 15 is 0 Å². The summed E-state index contributed by atoms with van der Waals surface area (Å²) in [6.45, 7) is 2.28. The monoisotopic (exact) mass is 194 g/mol. The third-order valence-corrected chi connectivity index (χ3v) is 4.09. The van der Waals surface area contributed by atoms with Crippen LogP contribution in [-0.4, -0.2) is 0 Å². The van der Waals surface area contributed by atoms with Crippen LogP contribution >= 0.6 is 11.3 Å². The molecule has 1 aliphatic rings. The normalized spacial score (nSPS) is 18.5. The molecular formula is C12H18S. The molecule has 0 nitrogen and oxygen atoms in total. The van der Waals surface area contributed by atoms with Crippen molar-refractivity contribution in [3.05, 3.63) is 21.4 Å². The van der Waals surface area contributed by atoms with Gasteiger partial charge in [-0.3, -0.25) is 0 Å². The van der Waals surface area contributed by atoms with E-state index < -0.39 is 0 Å². The molecule has 0 spiro atoms. The fourth-order valence-electron chi connectivity index (χ4n) is 2.10. The van der Waals surface area contributed by atoms with Crippen LogP contribution in [0.4, 0.5) is 0 Å². The summed E-state index contributed by atoms with van der Waals surface area (Å²) in [5.74, 6) is 0. The molecule has 0 N–H and O–H groups in total. The van der Waals surface area contributed by atoms with Crippen LogP contribution in [0.25, 0.3) is 0 Å². The highest BCUT2D eigenvalue weighted by Crippen LogP contribution is 2.26. The third-order valence-electron chi connectivity index (χ3n) is 2.94. The topological polar surface area (TPSA) is 0 Å². The van der Waals surface area contributed by atoms with Gasteiger partial charge in [-0.2, -0.15) is 0 Å². The summed E-state index contributed by atoms with van der Waals surface area (Å²) in [6, 6.07) is 2.45. The maximum Gasteiger partial charge on any atom is 0.00509 e. The van der Waals surface area contributed by atoms with E-state index in [4.69, 9.17) is 0 Å². The van der Waals surface area contributed by atoms with Gasteiger partial charge in [-0.1, -0.05) is 19.3 Å². The fraction of sp³-hybridized carbons (Fsp3) is 0.667. The van der Waals surface area contributed by atoms with Gasteiger partial charge in [0.05, 0.1) is 0 Å². The standard InChI is InChI=1S/C12H18S/c1-10-11-7-5-3-2-4-6-8-12(9-11)13-10/h9H,2-8H2,1H3. The van der Waals surface area contributed by atoms with Gasteiger partial charge in [0.25, 0.3) is 0 Å². The van der Waals surface area contributed by atoms with Crippen LogP contribution in [0, 0.1) is 6.92 Å². The Kier molecular flexibility index (Phi) is 3.05. The van der Waals surface area contributed by atoms with Gasteiger partial charge in [0.15, 0.2) is 0 Å². The van der Waals surface area contributed by atoms with Crippen LogP contribution in [-0.2, 0) is 12.8 Å². The first-order chi connectivity index (χ1) is 6.36. The van der Waals surface area contributed by atoms with Crippen molar-refractivity contribution in [2.75, 3.05) is 0 Å². The second kappa shape index (κ2) is 4.28. The predicted molar refractivity (Wildman–Crippen MR) is 59.5 cm³/mol. The highest BCUT2D eigenvalue weighted by Gasteiger charge is 2.06. The van der Waals surface area contributed by atoms with Crippen molar-refractivity contribution in [2.24, 2.45) is 0 Å². The smallest absolute Gasteiger partial charge is 0.00509 e. The summed E-state index contributed by atoms with van der Waals surface area (Å²) in [4.78, 5) is 3.19. The number of fused-ring (bicyclic) bond motifs is 2. The van der Waals surface area contributed by atoms with Crippen molar-refractivity contribution >= 4 is 11.3 Å². The van der Waals surface area contributed by atoms with Gasteiger partial charge in [-0.25, -0.2) is 0 Å². The minimum Gasteiger partial charge on any atom is -0.145 e. The summed E-state index contributed by atoms with van der Waals surface area (Å²) in [5.41, 5.74) is 1.63. The number of thiophene rings is 1. The molecule has 1 heterocycles. The van der Waals surface area contributed by atoms with Crippen molar-refractivity contribution in [1.29, 1.82) is 0 Å². The highest BCUT2D eigenvalue weighted by molar-refractivity contribution is 7.12. The minimum absolute atomic E-state index is 1.32. The number of aryl methyl sites for hydroxylation is 3. The second-order valence-corrected chi connectivity index (χ2v) is 5.40. The quantitative estimate of drug-likeness (QED) is 0.583. The fourth-order valence-corrected chi connectivity index (χ4v) is 3.24. The second-order valence-electron chi connectivity index (χ2n) is 4.06. The Morgan fingerprint density at radius 2 is 1.69 bits per heavy atom. The summed E-state index contributed by atoms with van der Waals surface area (Å²) < 4.78 is 0. The van der Waals surface area contributed by atoms with Crippen molar-refractivity contribution in [3.63, 3.8) is 0 Å². The van der Waals surface area contributed by atoms with Gasteiger partial charge >= 0.3 is 0 Å². The average Bonchev–Trinajstić information content (AvgIpc) is 2.45. The molecule has 2 rings (SSSR count). The minimum atomic E-state index is 1.32. The molecule has 1 heteroatoms. The van der Waals surface area contributed by atoms with Crippen LogP contribution in [0.5, 0.6) is 0 Å². The van der Waals surface area contributed by atoms with Gasteiger partial charge in [0.1, 0.15) is 0 Å². The molecule has 0 fully saturated rings. The lowest BCUT2D eigenvalue weighted by atomic mass is 10.0. The molecule has 1 aliphatic carbocycles. The Morgan fingerprint density at radius 1 is 1.00 bits per heavy atom. The van der Waals surface area contributed by atoms with Gasteiger partial charge in [0.2, 0.25) is 0 Å². The maximum absolute atomic E-state index is 2.45. The van der Waals surface area contributed by atoms with E-state index in [1.165, 1.54) is 44.9 Å². The lowest BCUT2D eigenvalue weighted by molar-refractivity contribution is 0.611. The Hall–Kier alpha value is -0.300. The van der Waals surface area contributed by atoms with E-state index in [-0.39, 0.29) is 0 Å². The summed E-state index contributed by atoms with van der Waals surface area (Å²) in [5, 5.41) is 0. The average molecular weight is 194 g/mol. The first-order valence-electron chi connectivity index (χ1n) is 5.44. The molecular weight excluding hydrogens is 176 g/mol. The molecule has 2 bridgehead atoms. The Balaban J connectivity index is 2.15. The van der Waals surface area contributed by atoms with E-state index in [9.17, 15) is 0 Å². The first kappa shape index (κ1) is 9.26. The van der Waals surface area contributed by atoms with E-state index in [0.717, 1.165) is 0 Å². The Labute approximate surface area is 85.0 Å². The molecule has 0 aliphatic heterocycles. The van der Waals surface area contributed by atoms with Crippen molar-refractivity contribution in [2.45, 2.75) is 51.9 Å². The van der Waals surface area contributed by atoms with Gasteiger partial charge in [0, 0.05) is 9.75 Å². The van der Waals surface area contributed by atoms with Gasteiger partial charge in [-0.15, -0.1) is 11.3 Å². The van der Waals surface area contributed by atoms with Crippen molar-refractivity contribution < 1.29 is 0 Å². The molecule has 0 aromatic carbocycles. The molecule has 1 aromatic heterocycles. The zero-order valence-corrected chi connectivity index (χ0v) is 9.25. The van der Waals surface area contributed by atoms with Crippen LogP contribution in [0.1, 0.15) is 47.4 Å². The van der Waals surface area contributed by atoms with Gasteiger partial charge < -0.3 is 0 Å². The molecule has 72 valence electrons. The van der Waals surface area contributed by atoms with E-state index in [1.807, 2.05) is 11.3 Å². The SMILES string of the molecule is Cc1sc2cc1CCCCCCC2. The number of hydrogen-bond acceptors (Lipinski definition) is 1. The zero-order valence-electron chi connectivity index (χ0n) is 8.44. The number of hydrogen-bond donors (Lipinski definition) is 0.